The standard InChI is InChI=1S/C17H27N3O2S/c21-16-2-1-13(9-16)10-18-17(22)19-15-3-6-20(7-4-15)11-14-5-8-23-12-14/h5,8,12-13,15-16,21H,1-4,6-7,9-11H2,(H2,18,19,22). The summed E-state index contributed by atoms with van der Waals surface area (Å²) in [6.45, 7) is 3.78. The molecule has 0 spiro atoms. The maximum absolute atomic E-state index is 12.0. The molecule has 1 saturated carbocycles. The lowest BCUT2D eigenvalue weighted by atomic mass is 10.0. The zero-order valence-electron chi connectivity index (χ0n) is 13.5. The van der Waals surface area contributed by atoms with Gasteiger partial charge in [0.2, 0.25) is 0 Å². The molecule has 6 heteroatoms. The Hall–Kier alpha value is -1.11. The fourth-order valence-electron chi connectivity index (χ4n) is 3.58. The van der Waals surface area contributed by atoms with Gasteiger partial charge in [-0.15, -0.1) is 0 Å². The maximum Gasteiger partial charge on any atom is 0.315 e. The lowest BCUT2D eigenvalue weighted by molar-refractivity contribution is 0.176. The van der Waals surface area contributed by atoms with Gasteiger partial charge in [0.1, 0.15) is 0 Å². The predicted molar refractivity (Wildman–Crippen MR) is 92.5 cm³/mol. The summed E-state index contributed by atoms with van der Waals surface area (Å²) < 4.78 is 0. The number of carbonyl (C=O) groups excluding carboxylic acids is 1. The van der Waals surface area contributed by atoms with Gasteiger partial charge in [0.25, 0.3) is 0 Å². The van der Waals surface area contributed by atoms with Crippen LogP contribution in [0, 0.1) is 5.92 Å². The molecule has 2 unspecified atom stereocenters. The molecule has 128 valence electrons. The van der Waals surface area contributed by atoms with E-state index in [-0.39, 0.29) is 18.2 Å². The number of amides is 2. The first-order valence-corrected chi connectivity index (χ1v) is 9.59. The highest BCUT2D eigenvalue weighted by Gasteiger charge is 2.24. The molecule has 2 atom stereocenters. The topological polar surface area (TPSA) is 64.6 Å². The van der Waals surface area contributed by atoms with E-state index in [1.54, 1.807) is 11.3 Å². The van der Waals surface area contributed by atoms with Crippen LogP contribution in [0.1, 0.15) is 37.7 Å². The van der Waals surface area contributed by atoms with Crippen molar-refractivity contribution >= 4 is 17.4 Å². The van der Waals surface area contributed by atoms with Gasteiger partial charge in [-0.05, 0) is 60.4 Å². The molecule has 23 heavy (non-hydrogen) atoms. The zero-order valence-corrected chi connectivity index (χ0v) is 14.4. The van der Waals surface area contributed by atoms with Crippen LogP contribution in [0.2, 0.25) is 0 Å². The highest BCUT2D eigenvalue weighted by Crippen LogP contribution is 2.24. The van der Waals surface area contributed by atoms with Crippen molar-refractivity contribution in [3.8, 4) is 0 Å². The number of urea groups is 1. The van der Waals surface area contributed by atoms with Crippen LogP contribution in [-0.4, -0.2) is 47.8 Å². The van der Waals surface area contributed by atoms with Gasteiger partial charge in [0.15, 0.2) is 0 Å². The van der Waals surface area contributed by atoms with E-state index in [9.17, 15) is 9.90 Å². The molecular weight excluding hydrogens is 310 g/mol. The molecule has 1 aromatic rings. The lowest BCUT2D eigenvalue weighted by Crippen LogP contribution is -2.48. The molecule has 1 aliphatic heterocycles. The van der Waals surface area contributed by atoms with Crippen LogP contribution in [0.25, 0.3) is 0 Å². The monoisotopic (exact) mass is 337 g/mol. The van der Waals surface area contributed by atoms with E-state index in [0.29, 0.717) is 12.5 Å². The molecule has 0 aromatic carbocycles. The highest BCUT2D eigenvalue weighted by molar-refractivity contribution is 7.07. The van der Waals surface area contributed by atoms with Crippen molar-refractivity contribution < 1.29 is 9.90 Å². The first-order chi connectivity index (χ1) is 11.2. The Balaban J connectivity index is 1.31. The average molecular weight is 337 g/mol. The van der Waals surface area contributed by atoms with Crippen LogP contribution in [0.4, 0.5) is 4.79 Å². The van der Waals surface area contributed by atoms with Crippen LogP contribution in [0.5, 0.6) is 0 Å². The Morgan fingerprint density at radius 3 is 2.78 bits per heavy atom. The van der Waals surface area contributed by atoms with E-state index in [2.05, 4.69) is 32.4 Å². The van der Waals surface area contributed by atoms with Gasteiger partial charge >= 0.3 is 6.03 Å². The zero-order chi connectivity index (χ0) is 16.1. The molecule has 0 bridgehead atoms. The quantitative estimate of drug-likeness (QED) is 0.771. The molecule has 2 amide bonds. The van der Waals surface area contributed by atoms with E-state index in [4.69, 9.17) is 0 Å². The van der Waals surface area contributed by atoms with Crippen molar-refractivity contribution in [2.75, 3.05) is 19.6 Å². The molecular formula is C17H27N3O2S. The second-order valence-electron chi connectivity index (χ2n) is 6.87. The van der Waals surface area contributed by atoms with Gasteiger partial charge in [0, 0.05) is 32.2 Å². The molecule has 1 aromatic heterocycles. The maximum atomic E-state index is 12.0. The number of rotatable bonds is 5. The molecule has 1 aliphatic carbocycles. The second-order valence-corrected chi connectivity index (χ2v) is 7.65. The summed E-state index contributed by atoms with van der Waals surface area (Å²) >= 11 is 1.75. The summed E-state index contributed by atoms with van der Waals surface area (Å²) in [5, 5.41) is 19.9. The van der Waals surface area contributed by atoms with E-state index in [0.717, 1.165) is 51.7 Å². The molecule has 1 saturated heterocycles. The predicted octanol–water partition coefficient (Wildman–Crippen LogP) is 2.17. The largest absolute Gasteiger partial charge is 0.393 e. The number of thiophene rings is 1. The lowest BCUT2D eigenvalue weighted by Gasteiger charge is -2.32. The number of nitrogens with one attached hydrogen (secondary N) is 2. The van der Waals surface area contributed by atoms with Gasteiger partial charge in [-0.1, -0.05) is 0 Å². The Morgan fingerprint density at radius 1 is 1.30 bits per heavy atom. The van der Waals surface area contributed by atoms with Crippen molar-refractivity contribution in [1.82, 2.24) is 15.5 Å². The summed E-state index contributed by atoms with van der Waals surface area (Å²) in [6, 6.07) is 2.41. The highest BCUT2D eigenvalue weighted by atomic mass is 32.1. The number of hydrogen-bond donors (Lipinski definition) is 3. The smallest absolute Gasteiger partial charge is 0.315 e. The minimum atomic E-state index is -0.169. The van der Waals surface area contributed by atoms with Crippen LogP contribution >= 0.6 is 11.3 Å². The van der Waals surface area contributed by atoms with Crippen molar-refractivity contribution in [1.29, 1.82) is 0 Å². The van der Waals surface area contributed by atoms with Crippen LogP contribution in [0.3, 0.4) is 0 Å². The fourth-order valence-corrected chi connectivity index (χ4v) is 4.24. The van der Waals surface area contributed by atoms with E-state index < -0.39 is 0 Å². The van der Waals surface area contributed by atoms with E-state index in [1.807, 2.05) is 0 Å². The molecule has 2 fully saturated rings. The van der Waals surface area contributed by atoms with E-state index >= 15 is 0 Å². The normalized spacial score (nSPS) is 26.3. The molecule has 3 rings (SSSR count). The van der Waals surface area contributed by atoms with Crippen molar-refractivity contribution in [3.63, 3.8) is 0 Å². The Morgan fingerprint density at radius 2 is 2.13 bits per heavy atom. The van der Waals surface area contributed by atoms with Crippen molar-refractivity contribution in [2.45, 2.75) is 50.8 Å². The fraction of sp³-hybridized carbons (Fsp3) is 0.706. The number of piperidine rings is 1. The van der Waals surface area contributed by atoms with Crippen molar-refractivity contribution in [3.05, 3.63) is 22.4 Å². The molecule has 2 aliphatic rings. The molecule has 0 radical (unpaired) electrons. The summed E-state index contributed by atoms with van der Waals surface area (Å²) in [5.74, 6) is 0.434. The van der Waals surface area contributed by atoms with Gasteiger partial charge in [-0.3, -0.25) is 4.90 Å². The van der Waals surface area contributed by atoms with Gasteiger partial charge < -0.3 is 15.7 Å². The number of aliphatic hydroxyl groups is 1. The van der Waals surface area contributed by atoms with E-state index in [1.165, 1.54) is 5.56 Å². The van der Waals surface area contributed by atoms with Gasteiger partial charge in [0.05, 0.1) is 6.10 Å². The minimum Gasteiger partial charge on any atom is -0.393 e. The van der Waals surface area contributed by atoms with Crippen LogP contribution < -0.4 is 10.6 Å². The number of carbonyl (C=O) groups is 1. The Bertz CT molecular complexity index is 486. The third-order valence-corrected chi connectivity index (χ3v) is 5.71. The third-order valence-electron chi connectivity index (χ3n) is 4.97. The van der Waals surface area contributed by atoms with Crippen LogP contribution in [-0.2, 0) is 6.54 Å². The summed E-state index contributed by atoms with van der Waals surface area (Å²) in [6.07, 6.45) is 4.57. The van der Waals surface area contributed by atoms with Gasteiger partial charge in [-0.25, -0.2) is 4.79 Å². The Kier molecular flexibility index (Phi) is 5.91. The number of likely N-dealkylation sites (tertiary alicyclic amines) is 1. The average Bonchev–Trinajstić information content (AvgIpc) is 3.19. The summed E-state index contributed by atoms with van der Waals surface area (Å²) in [4.78, 5) is 14.4. The number of nitrogens with zero attached hydrogens (tertiary/aromatic N) is 1. The molecule has 3 N–H and O–H groups in total. The number of aliphatic hydroxyl groups excluding tert-OH is 1. The second kappa shape index (κ2) is 8.13. The Labute approximate surface area is 142 Å². The first kappa shape index (κ1) is 16.7. The van der Waals surface area contributed by atoms with Crippen molar-refractivity contribution in [2.24, 2.45) is 5.92 Å². The third kappa shape index (κ3) is 5.19. The van der Waals surface area contributed by atoms with Crippen LogP contribution in [0.15, 0.2) is 16.8 Å². The number of hydrogen-bond acceptors (Lipinski definition) is 4. The molecule has 5 nitrogen and oxygen atoms in total. The SMILES string of the molecule is O=C(NCC1CCC(O)C1)NC1CCN(Cc2ccsc2)CC1. The summed E-state index contributed by atoms with van der Waals surface area (Å²) in [7, 11) is 0. The molecule has 2 heterocycles. The summed E-state index contributed by atoms with van der Waals surface area (Å²) in [5.41, 5.74) is 1.39. The first-order valence-electron chi connectivity index (χ1n) is 8.65. The minimum absolute atomic E-state index is 0.0531. The van der Waals surface area contributed by atoms with Gasteiger partial charge in [-0.2, -0.15) is 11.3 Å².